The average Bonchev–Trinajstić information content (AvgIpc) is 3.08. The summed E-state index contributed by atoms with van der Waals surface area (Å²) < 4.78 is 12.3. The predicted octanol–water partition coefficient (Wildman–Crippen LogP) is 4.49. The van der Waals surface area contributed by atoms with Crippen LogP contribution in [0.3, 0.4) is 0 Å². The molecule has 1 aromatic heterocycles. The average molecular weight is 455 g/mol. The summed E-state index contributed by atoms with van der Waals surface area (Å²) in [5.41, 5.74) is 0.781. The molecular weight excluding hydrogens is 428 g/mol. The second-order valence-corrected chi connectivity index (χ2v) is 8.98. The lowest BCUT2D eigenvalue weighted by atomic mass is 10.1. The van der Waals surface area contributed by atoms with E-state index in [1.807, 2.05) is 45.9 Å². The van der Waals surface area contributed by atoms with Crippen LogP contribution in [0.1, 0.15) is 38.1 Å². The summed E-state index contributed by atoms with van der Waals surface area (Å²) in [6, 6.07) is 7.97. The van der Waals surface area contributed by atoms with Crippen LogP contribution < -0.4 is 20.1 Å². The molecule has 0 aliphatic rings. The summed E-state index contributed by atoms with van der Waals surface area (Å²) in [5, 5.41) is 8.38. The van der Waals surface area contributed by atoms with Gasteiger partial charge in [-0.05, 0) is 56.8 Å². The molecule has 0 bridgehead atoms. The van der Waals surface area contributed by atoms with E-state index in [0.29, 0.717) is 24.7 Å². The maximum Gasteiger partial charge on any atom is 0.258 e. The highest BCUT2D eigenvalue weighted by molar-refractivity contribution is 9.10. The smallest absolute Gasteiger partial charge is 0.258 e. The zero-order valence-electron chi connectivity index (χ0n) is 16.2. The van der Waals surface area contributed by atoms with Crippen molar-refractivity contribution in [1.29, 1.82) is 0 Å². The van der Waals surface area contributed by atoms with Gasteiger partial charge in [-0.3, -0.25) is 4.79 Å². The second kappa shape index (κ2) is 10.1. The molecular formula is C20H27BrN2O3S. The Morgan fingerprint density at radius 2 is 1.93 bits per heavy atom. The SMILES string of the molecule is CCOc1cc(CNCc2cccs2)c(Br)cc1OCC(=O)NC(C)(C)C. The van der Waals surface area contributed by atoms with E-state index in [0.717, 1.165) is 16.6 Å². The Bertz CT molecular complexity index is 742. The molecule has 0 saturated carbocycles. The van der Waals surface area contributed by atoms with Crippen LogP contribution in [0, 0.1) is 0 Å². The van der Waals surface area contributed by atoms with Crippen molar-refractivity contribution in [2.45, 2.75) is 46.3 Å². The number of thiophene rings is 1. The molecule has 148 valence electrons. The van der Waals surface area contributed by atoms with E-state index in [1.165, 1.54) is 4.88 Å². The van der Waals surface area contributed by atoms with Crippen molar-refractivity contribution in [2.75, 3.05) is 13.2 Å². The third-order valence-electron chi connectivity index (χ3n) is 3.48. The van der Waals surface area contributed by atoms with Gasteiger partial charge in [0.25, 0.3) is 5.91 Å². The van der Waals surface area contributed by atoms with Crippen molar-refractivity contribution in [2.24, 2.45) is 0 Å². The zero-order chi connectivity index (χ0) is 19.9. The molecule has 0 unspecified atom stereocenters. The zero-order valence-corrected chi connectivity index (χ0v) is 18.6. The molecule has 0 saturated heterocycles. The third kappa shape index (κ3) is 7.52. The van der Waals surface area contributed by atoms with Crippen molar-refractivity contribution in [3.05, 3.63) is 44.6 Å². The Balaban J connectivity index is 2.02. The largest absolute Gasteiger partial charge is 0.490 e. The van der Waals surface area contributed by atoms with Crippen LogP contribution in [0.15, 0.2) is 34.1 Å². The van der Waals surface area contributed by atoms with Crippen molar-refractivity contribution in [3.63, 3.8) is 0 Å². The standard InChI is InChI=1S/C20H27BrN2O3S/c1-5-25-17-9-14(11-22-12-15-7-6-8-27-15)16(21)10-18(17)26-13-19(24)23-20(2,3)4/h6-10,22H,5,11-13H2,1-4H3,(H,23,24). The van der Waals surface area contributed by atoms with Gasteiger partial charge in [0.15, 0.2) is 18.1 Å². The highest BCUT2D eigenvalue weighted by Crippen LogP contribution is 2.34. The lowest BCUT2D eigenvalue weighted by Gasteiger charge is -2.21. The highest BCUT2D eigenvalue weighted by Gasteiger charge is 2.16. The van der Waals surface area contributed by atoms with Crippen molar-refractivity contribution < 1.29 is 14.3 Å². The fourth-order valence-corrected chi connectivity index (χ4v) is 3.56. The van der Waals surface area contributed by atoms with Crippen LogP contribution in [0.5, 0.6) is 11.5 Å². The Morgan fingerprint density at radius 3 is 2.56 bits per heavy atom. The maximum absolute atomic E-state index is 12.0. The number of benzene rings is 1. The van der Waals surface area contributed by atoms with Gasteiger partial charge in [-0.25, -0.2) is 0 Å². The molecule has 0 fully saturated rings. The molecule has 2 N–H and O–H groups in total. The van der Waals surface area contributed by atoms with Crippen molar-refractivity contribution in [3.8, 4) is 11.5 Å². The molecule has 5 nitrogen and oxygen atoms in total. The van der Waals surface area contributed by atoms with Gasteiger partial charge in [-0.1, -0.05) is 22.0 Å². The van der Waals surface area contributed by atoms with Gasteiger partial charge in [-0.15, -0.1) is 11.3 Å². The third-order valence-corrected chi connectivity index (χ3v) is 5.10. The first-order valence-electron chi connectivity index (χ1n) is 8.90. The van der Waals surface area contributed by atoms with Crippen LogP contribution in [-0.4, -0.2) is 24.7 Å². The van der Waals surface area contributed by atoms with E-state index in [1.54, 1.807) is 11.3 Å². The lowest BCUT2D eigenvalue weighted by molar-refractivity contribution is -0.124. The van der Waals surface area contributed by atoms with Crippen LogP contribution in [0.25, 0.3) is 0 Å². The van der Waals surface area contributed by atoms with Gasteiger partial charge in [0.05, 0.1) is 6.61 Å². The van der Waals surface area contributed by atoms with E-state index in [9.17, 15) is 4.79 Å². The molecule has 0 atom stereocenters. The van der Waals surface area contributed by atoms with Gasteiger partial charge >= 0.3 is 0 Å². The summed E-state index contributed by atoms with van der Waals surface area (Å²) in [6.07, 6.45) is 0. The molecule has 7 heteroatoms. The number of amides is 1. The van der Waals surface area contributed by atoms with E-state index >= 15 is 0 Å². The number of hydrogen-bond donors (Lipinski definition) is 2. The number of halogens is 1. The molecule has 0 spiro atoms. The predicted molar refractivity (Wildman–Crippen MR) is 114 cm³/mol. The number of nitrogens with one attached hydrogen (secondary N) is 2. The fourth-order valence-electron chi connectivity index (χ4n) is 2.42. The first-order chi connectivity index (χ1) is 12.8. The minimum absolute atomic E-state index is 0.0558. The Kier molecular flexibility index (Phi) is 8.13. The maximum atomic E-state index is 12.0. The van der Waals surface area contributed by atoms with Gasteiger partial charge in [0, 0.05) is 28.0 Å². The summed E-state index contributed by atoms with van der Waals surface area (Å²) in [4.78, 5) is 13.3. The minimum Gasteiger partial charge on any atom is -0.490 e. The number of carbonyl (C=O) groups excluding carboxylic acids is 1. The van der Waals surface area contributed by atoms with Gasteiger partial charge in [-0.2, -0.15) is 0 Å². The van der Waals surface area contributed by atoms with Crippen LogP contribution >= 0.6 is 27.3 Å². The monoisotopic (exact) mass is 454 g/mol. The molecule has 27 heavy (non-hydrogen) atoms. The molecule has 1 heterocycles. The second-order valence-electron chi connectivity index (χ2n) is 7.09. The molecule has 0 aliphatic carbocycles. The Morgan fingerprint density at radius 1 is 1.19 bits per heavy atom. The van der Waals surface area contributed by atoms with Crippen molar-refractivity contribution >= 4 is 33.2 Å². The Hall–Kier alpha value is -1.57. The number of hydrogen-bond acceptors (Lipinski definition) is 5. The quantitative estimate of drug-likeness (QED) is 0.585. The van der Waals surface area contributed by atoms with E-state index in [-0.39, 0.29) is 18.1 Å². The number of ether oxygens (including phenoxy) is 2. The van der Waals surface area contributed by atoms with Gasteiger partial charge in [0.1, 0.15) is 0 Å². The fraction of sp³-hybridized carbons (Fsp3) is 0.450. The molecule has 1 amide bonds. The topological polar surface area (TPSA) is 59.6 Å². The first-order valence-corrected chi connectivity index (χ1v) is 10.6. The minimum atomic E-state index is -0.290. The summed E-state index contributed by atoms with van der Waals surface area (Å²) in [7, 11) is 0. The highest BCUT2D eigenvalue weighted by atomic mass is 79.9. The van der Waals surface area contributed by atoms with E-state index < -0.39 is 0 Å². The van der Waals surface area contributed by atoms with Gasteiger partial charge < -0.3 is 20.1 Å². The van der Waals surface area contributed by atoms with Crippen LogP contribution in [0.4, 0.5) is 0 Å². The van der Waals surface area contributed by atoms with Crippen LogP contribution in [-0.2, 0) is 17.9 Å². The van der Waals surface area contributed by atoms with Crippen LogP contribution in [0.2, 0.25) is 0 Å². The summed E-state index contributed by atoms with van der Waals surface area (Å²) in [5.74, 6) is 1.02. The number of rotatable bonds is 9. The van der Waals surface area contributed by atoms with E-state index in [2.05, 4.69) is 38.0 Å². The number of carbonyl (C=O) groups is 1. The first kappa shape index (κ1) is 21.7. The molecule has 0 aliphatic heterocycles. The van der Waals surface area contributed by atoms with E-state index in [4.69, 9.17) is 9.47 Å². The molecule has 0 radical (unpaired) electrons. The molecule has 2 rings (SSSR count). The molecule has 1 aromatic carbocycles. The lowest BCUT2D eigenvalue weighted by Crippen LogP contribution is -2.43. The van der Waals surface area contributed by atoms with Crippen molar-refractivity contribution in [1.82, 2.24) is 10.6 Å². The van der Waals surface area contributed by atoms with Gasteiger partial charge in [0.2, 0.25) is 0 Å². The summed E-state index contributed by atoms with van der Waals surface area (Å²) in [6.45, 7) is 9.71. The summed E-state index contributed by atoms with van der Waals surface area (Å²) >= 11 is 5.33. The Labute approximate surface area is 173 Å². The normalized spacial score (nSPS) is 11.3. The molecule has 2 aromatic rings.